The Kier molecular flexibility index (Phi) is 8.27. The average Bonchev–Trinajstić information content (AvgIpc) is 3.26. The van der Waals surface area contributed by atoms with E-state index in [0.29, 0.717) is 18.3 Å². The monoisotopic (exact) mass is 433 g/mol. The summed E-state index contributed by atoms with van der Waals surface area (Å²) in [5, 5.41) is 20.6. The lowest BCUT2D eigenvalue weighted by atomic mass is 10.0. The fourth-order valence-electron chi connectivity index (χ4n) is 4.19. The summed E-state index contributed by atoms with van der Waals surface area (Å²) < 4.78 is 1.92. The molecule has 7 nitrogen and oxygen atoms in total. The van der Waals surface area contributed by atoms with Gasteiger partial charge in [0.15, 0.2) is 0 Å². The number of hydrogen-bond acceptors (Lipinski definition) is 5. The quantitative estimate of drug-likeness (QED) is 0.650. The van der Waals surface area contributed by atoms with E-state index in [1.165, 1.54) is 5.56 Å². The molecule has 2 fully saturated rings. The molecule has 0 saturated carbocycles. The van der Waals surface area contributed by atoms with Crippen LogP contribution in [-0.2, 0) is 13.1 Å². The highest BCUT2D eigenvalue weighted by atomic mass is 35.5. The number of benzene rings is 1. The minimum Gasteiger partial charge on any atom is -0.393 e. The normalized spacial score (nSPS) is 20.5. The number of halogens is 1. The average molecular weight is 434 g/mol. The van der Waals surface area contributed by atoms with Crippen LogP contribution in [0.15, 0.2) is 36.5 Å². The van der Waals surface area contributed by atoms with Crippen LogP contribution in [0.5, 0.6) is 0 Å². The van der Waals surface area contributed by atoms with Gasteiger partial charge in [-0.15, -0.1) is 12.4 Å². The van der Waals surface area contributed by atoms with E-state index in [1.54, 1.807) is 6.07 Å². The standard InChI is InChI=1S/C22H31N5O2.ClH/c28-20-7-11-26(12-8-20)16-18-5-2-1-4-17(18)14-24-22(29)21-9-13-27(25-21)19-6-3-10-23-15-19;/h1-2,4-5,9,13,19-20,23,28H,3,6-8,10-12,14-16H2,(H,24,29);1H. The maximum Gasteiger partial charge on any atom is 0.272 e. The first kappa shape index (κ1) is 22.7. The van der Waals surface area contributed by atoms with Gasteiger partial charge in [-0.2, -0.15) is 5.10 Å². The number of likely N-dealkylation sites (tertiary alicyclic amines) is 1. The van der Waals surface area contributed by atoms with Crippen molar-refractivity contribution in [1.82, 2.24) is 25.3 Å². The van der Waals surface area contributed by atoms with Gasteiger partial charge < -0.3 is 15.7 Å². The number of aromatic nitrogens is 2. The van der Waals surface area contributed by atoms with Crippen LogP contribution in [0.1, 0.15) is 53.3 Å². The van der Waals surface area contributed by atoms with Crippen LogP contribution in [0.25, 0.3) is 0 Å². The van der Waals surface area contributed by atoms with E-state index in [1.807, 2.05) is 23.0 Å². The summed E-state index contributed by atoms with van der Waals surface area (Å²) in [6, 6.07) is 10.4. The van der Waals surface area contributed by atoms with E-state index in [9.17, 15) is 9.90 Å². The molecule has 2 saturated heterocycles. The molecular weight excluding hydrogens is 402 g/mol. The number of rotatable bonds is 6. The molecule has 2 aliphatic rings. The van der Waals surface area contributed by atoms with Crippen LogP contribution in [0, 0.1) is 0 Å². The molecule has 1 amide bonds. The van der Waals surface area contributed by atoms with Gasteiger partial charge in [0.1, 0.15) is 5.69 Å². The van der Waals surface area contributed by atoms with Gasteiger partial charge in [-0.05, 0) is 49.4 Å². The number of aliphatic hydroxyl groups excluding tert-OH is 1. The van der Waals surface area contributed by atoms with Crippen molar-refractivity contribution in [2.75, 3.05) is 26.2 Å². The molecule has 1 atom stereocenters. The van der Waals surface area contributed by atoms with Crippen LogP contribution in [0.2, 0.25) is 0 Å². The number of carbonyl (C=O) groups is 1. The number of piperidine rings is 2. The molecule has 1 aromatic carbocycles. The highest BCUT2D eigenvalue weighted by Gasteiger charge is 2.19. The van der Waals surface area contributed by atoms with Crippen molar-refractivity contribution in [2.45, 2.75) is 50.9 Å². The smallest absolute Gasteiger partial charge is 0.272 e. The zero-order valence-corrected chi connectivity index (χ0v) is 18.1. The Labute approximate surface area is 184 Å². The van der Waals surface area contributed by atoms with Crippen LogP contribution in [0.3, 0.4) is 0 Å². The molecule has 1 aromatic heterocycles. The molecule has 30 heavy (non-hydrogen) atoms. The summed E-state index contributed by atoms with van der Waals surface area (Å²) in [5.74, 6) is -0.136. The summed E-state index contributed by atoms with van der Waals surface area (Å²) in [6.07, 6.45) is 5.64. The molecule has 4 rings (SSSR count). The summed E-state index contributed by atoms with van der Waals surface area (Å²) >= 11 is 0. The van der Waals surface area contributed by atoms with Crippen LogP contribution in [0.4, 0.5) is 0 Å². The Morgan fingerprint density at radius 3 is 2.67 bits per heavy atom. The first-order valence-corrected chi connectivity index (χ1v) is 10.7. The third-order valence-corrected chi connectivity index (χ3v) is 5.99. The van der Waals surface area contributed by atoms with Crippen LogP contribution < -0.4 is 10.6 Å². The van der Waals surface area contributed by atoms with Crippen molar-refractivity contribution in [1.29, 1.82) is 0 Å². The predicted molar refractivity (Wildman–Crippen MR) is 119 cm³/mol. The van der Waals surface area contributed by atoms with Crippen molar-refractivity contribution >= 4 is 18.3 Å². The Hall–Kier alpha value is -1.93. The summed E-state index contributed by atoms with van der Waals surface area (Å²) in [7, 11) is 0. The summed E-state index contributed by atoms with van der Waals surface area (Å²) in [4.78, 5) is 15.0. The highest BCUT2D eigenvalue weighted by Crippen LogP contribution is 2.18. The van der Waals surface area contributed by atoms with Gasteiger partial charge in [-0.3, -0.25) is 14.4 Å². The van der Waals surface area contributed by atoms with E-state index >= 15 is 0 Å². The van der Waals surface area contributed by atoms with E-state index in [-0.39, 0.29) is 24.4 Å². The molecular formula is C22H32ClN5O2. The molecule has 0 bridgehead atoms. The largest absolute Gasteiger partial charge is 0.393 e. The number of aliphatic hydroxyl groups is 1. The molecule has 0 spiro atoms. The molecule has 0 aliphatic carbocycles. The first-order valence-electron chi connectivity index (χ1n) is 10.7. The van der Waals surface area contributed by atoms with Gasteiger partial charge >= 0.3 is 0 Å². The minimum absolute atomic E-state index is 0. The fourth-order valence-corrected chi connectivity index (χ4v) is 4.19. The Morgan fingerprint density at radius 2 is 1.93 bits per heavy atom. The molecule has 3 N–H and O–H groups in total. The van der Waals surface area contributed by atoms with Crippen molar-refractivity contribution < 1.29 is 9.90 Å². The topological polar surface area (TPSA) is 82.4 Å². The van der Waals surface area contributed by atoms with Crippen molar-refractivity contribution in [2.24, 2.45) is 0 Å². The molecule has 164 valence electrons. The Bertz CT molecular complexity index is 813. The summed E-state index contributed by atoms with van der Waals surface area (Å²) in [6.45, 7) is 5.13. The van der Waals surface area contributed by atoms with Gasteiger partial charge in [0.2, 0.25) is 0 Å². The maximum absolute atomic E-state index is 12.6. The fraction of sp³-hybridized carbons (Fsp3) is 0.545. The first-order chi connectivity index (χ1) is 14.2. The third-order valence-electron chi connectivity index (χ3n) is 5.99. The van der Waals surface area contributed by atoms with Gasteiger partial charge in [0.25, 0.3) is 5.91 Å². The highest BCUT2D eigenvalue weighted by molar-refractivity contribution is 5.92. The van der Waals surface area contributed by atoms with Crippen LogP contribution >= 0.6 is 12.4 Å². The number of amides is 1. The molecule has 8 heteroatoms. The second-order valence-corrected chi connectivity index (χ2v) is 8.14. The van der Waals surface area contributed by atoms with Gasteiger partial charge in [0, 0.05) is 38.9 Å². The SMILES string of the molecule is Cl.O=C(NCc1ccccc1CN1CCC(O)CC1)c1ccn(C2CCCNC2)n1. The Balaban J connectivity index is 0.00000256. The zero-order chi connectivity index (χ0) is 20.1. The van der Waals surface area contributed by atoms with E-state index < -0.39 is 0 Å². The lowest BCUT2D eigenvalue weighted by molar-refractivity contribution is 0.0790. The number of nitrogens with zero attached hydrogens (tertiary/aromatic N) is 3. The Morgan fingerprint density at radius 1 is 1.17 bits per heavy atom. The zero-order valence-electron chi connectivity index (χ0n) is 17.3. The molecule has 3 heterocycles. The van der Waals surface area contributed by atoms with Gasteiger partial charge in [-0.25, -0.2) is 0 Å². The maximum atomic E-state index is 12.6. The number of hydrogen-bond donors (Lipinski definition) is 3. The van der Waals surface area contributed by atoms with E-state index in [0.717, 1.165) is 64.0 Å². The van der Waals surface area contributed by atoms with E-state index in [4.69, 9.17) is 0 Å². The number of nitrogens with one attached hydrogen (secondary N) is 2. The van der Waals surface area contributed by atoms with Crippen molar-refractivity contribution in [3.05, 3.63) is 53.3 Å². The lowest BCUT2D eigenvalue weighted by Crippen LogP contribution is -2.35. The lowest BCUT2D eigenvalue weighted by Gasteiger charge is -2.30. The van der Waals surface area contributed by atoms with Gasteiger partial charge in [0.05, 0.1) is 12.1 Å². The number of carbonyl (C=O) groups excluding carboxylic acids is 1. The predicted octanol–water partition coefficient (Wildman–Crippen LogP) is 2.12. The van der Waals surface area contributed by atoms with Crippen LogP contribution in [-0.4, -0.2) is 58.0 Å². The summed E-state index contributed by atoms with van der Waals surface area (Å²) in [5.41, 5.74) is 2.82. The van der Waals surface area contributed by atoms with Crippen molar-refractivity contribution in [3.8, 4) is 0 Å². The third kappa shape index (κ3) is 5.82. The molecule has 2 aliphatic heterocycles. The molecule has 2 aromatic rings. The second-order valence-electron chi connectivity index (χ2n) is 8.14. The van der Waals surface area contributed by atoms with E-state index in [2.05, 4.69) is 32.8 Å². The van der Waals surface area contributed by atoms with Crippen molar-refractivity contribution in [3.63, 3.8) is 0 Å². The van der Waals surface area contributed by atoms with Gasteiger partial charge in [-0.1, -0.05) is 24.3 Å². The minimum atomic E-state index is -0.162. The second kappa shape index (κ2) is 10.9. The molecule has 0 radical (unpaired) electrons. The molecule has 1 unspecified atom stereocenters.